The van der Waals surface area contributed by atoms with Gasteiger partial charge in [0.05, 0.1) is 6.20 Å². The highest BCUT2D eigenvalue weighted by Gasteiger charge is 2.05. The number of aromatic amines is 1. The third-order valence-corrected chi connectivity index (χ3v) is 1.34. The van der Waals surface area contributed by atoms with Gasteiger partial charge in [0.2, 0.25) is 5.75 Å². The molecule has 0 saturated carbocycles. The molecule has 1 N–H and O–H groups in total. The molecule has 0 aliphatic heterocycles. The van der Waals surface area contributed by atoms with Crippen LogP contribution in [-0.2, 0) is 11.3 Å². The van der Waals surface area contributed by atoms with Crippen LogP contribution in [0.5, 0.6) is 5.75 Å². The van der Waals surface area contributed by atoms with Gasteiger partial charge in [-0.15, -0.1) is 0 Å². The molecule has 1 aromatic heterocycles. The van der Waals surface area contributed by atoms with Crippen molar-refractivity contribution in [3.63, 3.8) is 0 Å². The highest BCUT2D eigenvalue weighted by molar-refractivity contribution is 5.68. The van der Waals surface area contributed by atoms with Crippen LogP contribution in [0.3, 0.4) is 0 Å². The zero-order chi connectivity index (χ0) is 9.14. The number of hydrogen-bond acceptors (Lipinski definition) is 3. The van der Waals surface area contributed by atoms with Crippen molar-refractivity contribution < 1.29 is 9.53 Å². The number of ether oxygens (including phenoxy) is 1. The van der Waals surface area contributed by atoms with Gasteiger partial charge in [-0.05, 0) is 6.92 Å². The van der Waals surface area contributed by atoms with Gasteiger partial charge >= 0.3 is 11.5 Å². The molecule has 5 heteroatoms. The SMILES string of the molecule is CCn1cc(OC(C)=O)c(=O)[nH]1. The standard InChI is InChI=1S/C7H10N2O3/c1-3-9-4-6(7(11)8-9)12-5(2)10/h4H,3H2,1-2H3,(H,8,11). The lowest BCUT2D eigenvalue weighted by Crippen LogP contribution is -2.10. The number of esters is 1. The summed E-state index contributed by atoms with van der Waals surface area (Å²) in [5, 5.41) is 2.48. The smallest absolute Gasteiger partial charge is 0.308 e. The Bertz CT molecular complexity index is 337. The molecule has 5 nitrogen and oxygen atoms in total. The van der Waals surface area contributed by atoms with Crippen LogP contribution in [0, 0.1) is 0 Å². The molecule has 1 aromatic rings. The molecule has 0 unspecified atom stereocenters. The largest absolute Gasteiger partial charge is 0.419 e. The van der Waals surface area contributed by atoms with Crippen LogP contribution in [0.4, 0.5) is 0 Å². The molecule has 0 spiro atoms. The Balaban J connectivity index is 2.92. The minimum Gasteiger partial charge on any atom is -0.419 e. The van der Waals surface area contributed by atoms with Crippen LogP contribution in [0.25, 0.3) is 0 Å². The molecule has 0 radical (unpaired) electrons. The van der Waals surface area contributed by atoms with Crippen molar-refractivity contribution in [3.8, 4) is 5.75 Å². The van der Waals surface area contributed by atoms with Gasteiger partial charge in [0, 0.05) is 13.5 Å². The fraction of sp³-hybridized carbons (Fsp3) is 0.429. The fourth-order valence-corrected chi connectivity index (χ4v) is 0.816. The van der Waals surface area contributed by atoms with Crippen molar-refractivity contribution in [2.24, 2.45) is 0 Å². The minimum absolute atomic E-state index is 0.0457. The molecule has 0 aromatic carbocycles. The highest BCUT2D eigenvalue weighted by Crippen LogP contribution is 2.00. The van der Waals surface area contributed by atoms with Crippen LogP contribution in [-0.4, -0.2) is 15.7 Å². The lowest BCUT2D eigenvalue weighted by Gasteiger charge is -1.93. The van der Waals surface area contributed by atoms with Crippen LogP contribution >= 0.6 is 0 Å². The minimum atomic E-state index is -0.491. The van der Waals surface area contributed by atoms with E-state index in [0.29, 0.717) is 6.54 Å². The topological polar surface area (TPSA) is 64.1 Å². The maximum atomic E-state index is 11.0. The van der Waals surface area contributed by atoms with E-state index in [4.69, 9.17) is 0 Å². The van der Waals surface area contributed by atoms with Gasteiger partial charge in [0.1, 0.15) is 0 Å². The predicted octanol–water partition coefficient (Wildman–Crippen LogP) is 0.122. The summed E-state index contributed by atoms with van der Waals surface area (Å²) in [6, 6.07) is 0. The molecule has 12 heavy (non-hydrogen) atoms. The Hall–Kier alpha value is -1.52. The van der Waals surface area contributed by atoms with Gasteiger partial charge < -0.3 is 4.74 Å². The van der Waals surface area contributed by atoms with Crippen molar-refractivity contribution in [1.29, 1.82) is 0 Å². The van der Waals surface area contributed by atoms with Crippen LogP contribution < -0.4 is 10.3 Å². The summed E-state index contributed by atoms with van der Waals surface area (Å²) in [4.78, 5) is 21.5. The van der Waals surface area contributed by atoms with Gasteiger partial charge in [-0.3, -0.25) is 19.4 Å². The molecule has 0 aliphatic carbocycles. The average Bonchev–Trinajstić information content (AvgIpc) is 2.31. The van der Waals surface area contributed by atoms with E-state index in [9.17, 15) is 9.59 Å². The van der Waals surface area contributed by atoms with Crippen molar-refractivity contribution in [2.75, 3.05) is 0 Å². The second-order valence-corrected chi connectivity index (χ2v) is 2.31. The summed E-state index contributed by atoms with van der Waals surface area (Å²) in [5.41, 5.74) is -0.382. The summed E-state index contributed by atoms with van der Waals surface area (Å²) in [6.45, 7) is 3.76. The molecular formula is C7H10N2O3. The first kappa shape index (κ1) is 8.58. The van der Waals surface area contributed by atoms with Crippen LogP contribution in [0.2, 0.25) is 0 Å². The van der Waals surface area contributed by atoms with Gasteiger partial charge in [-0.1, -0.05) is 0 Å². The lowest BCUT2D eigenvalue weighted by molar-refractivity contribution is -0.131. The van der Waals surface area contributed by atoms with E-state index in [1.807, 2.05) is 6.92 Å². The van der Waals surface area contributed by atoms with Crippen LogP contribution in [0.1, 0.15) is 13.8 Å². The molecule has 0 aliphatic rings. The third-order valence-electron chi connectivity index (χ3n) is 1.34. The number of H-pyrrole nitrogens is 1. The Morgan fingerprint density at radius 2 is 2.42 bits per heavy atom. The molecule has 1 rings (SSSR count). The molecule has 0 bridgehead atoms. The molecule has 0 fully saturated rings. The Kier molecular flexibility index (Phi) is 2.32. The van der Waals surface area contributed by atoms with Crippen molar-refractivity contribution in [2.45, 2.75) is 20.4 Å². The van der Waals surface area contributed by atoms with Crippen molar-refractivity contribution in [3.05, 3.63) is 16.6 Å². The zero-order valence-corrected chi connectivity index (χ0v) is 6.96. The number of aryl methyl sites for hydroxylation is 1. The second kappa shape index (κ2) is 3.25. The summed E-state index contributed by atoms with van der Waals surface area (Å²) in [7, 11) is 0. The maximum Gasteiger partial charge on any atom is 0.308 e. The number of nitrogens with one attached hydrogen (secondary N) is 1. The molecule has 1 heterocycles. The Labute approximate surface area is 68.9 Å². The summed E-state index contributed by atoms with van der Waals surface area (Å²) in [5.74, 6) is -0.446. The van der Waals surface area contributed by atoms with Gasteiger partial charge in [-0.2, -0.15) is 0 Å². The van der Waals surface area contributed by atoms with Gasteiger partial charge in [0.25, 0.3) is 0 Å². The van der Waals surface area contributed by atoms with E-state index in [1.165, 1.54) is 13.1 Å². The van der Waals surface area contributed by atoms with E-state index in [2.05, 4.69) is 9.84 Å². The van der Waals surface area contributed by atoms with E-state index in [-0.39, 0.29) is 11.3 Å². The van der Waals surface area contributed by atoms with Crippen LogP contribution in [0.15, 0.2) is 11.0 Å². The quantitative estimate of drug-likeness (QED) is 0.641. The first-order valence-electron chi connectivity index (χ1n) is 3.61. The number of aromatic nitrogens is 2. The zero-order valence-electron chi connectivity index (χ0n) is 6.96. The van der Waals surface area contributed by atoms with E-state index < -0.39 is 5.97 Å². The van der Waals surface area contributed by atoms with E-state index >= 15 is 0 Å². The molecule has 0 amide bonds. The van der Waals surface area contributed by atoms with Crippen molar-refractivity contribution >= 4 is 5.97 Å². The molecule has 66 valence electrons. The number of hydrogen-bond donors (Lipinski definition) is 1. The van der Waals surface area contributed by atoms with E-state index in [1.54, 1.807) is 4.68 Å². The second-order valence-electron chi connectivity index (χ2n) is 2.31. The van der Waals surface area contributed by atoms with E-state index in [0.717, 1.165) is 0 Å². The first-order valence-corrected chi connectivity index (χ1v) is 3.61. The summed E-state index contributed by atoms with van der Waals surface area (Å²) < 4.78 is 6.17. The summed E-state index contributed by atoms with van der Waals surface area (Å²) in [6.07, 6.45) is 1.46. The van der Waals surface area contributed by atoms with Crippen molar-refractivity contribution in [1.82, 2.24) is 9.78 Å². The number of nitrogens with zero attached hydrogens (tertiary/aromatic N) is 1. The monoisotopic (exact) mass is 170 g/mol. The number of carbonyl (C=O) groups excluding carboxylic acids is 1. The molecular weight excluding hydrogens is 160 g/mol. The Morgan fingerprint density at radius 3 is 2.83 bits per heavy atom. The third kappa shape index (κ3) is 1.75. The predicted molar refractivity (Wildman–Crippen MR) is 42.0 cm³/mol. The molecule has 0 atom stereocenters. The van der Waals surface area contributed by atoms with Gasteiger partial charge in [-0.25, -0.2) is 0 Å². The van der Waals surface area contributed by atoms with Gasteiger partial charge in [0.15, 0.2) is 0 Å². The average molecular weight is 170 g/mol. The fourth-order valence-electron chi connectivity index (χ4n) is 0.816. The maximum absolute atomic E-state index is 11.0. The lowest BCUT2D eigenvalue weighted by atomic mass is 10.6. The molecule has 0 saturated heterocycles. The Morgan fingerprint density at radius 1 is 1.75 bits per heavy atom. The summed E-state index contributed by atoms with van der Waals surface area (Å²) >= 11 is 0. The normalized spacial score (nSPS) is 9.83. The number of rotatable bonds is 2. The highest BCUT2D eigenvalue weighted by atomic mass is 16.5. The number of carbonyl (C=O) groups is 1. The first-order chi connectivity index (χ1) is 5.63.